The Balaban J connectivity index is 1.57. The molecule has 0 saturated carbocycles. The van der Waals surface area contributed by atoms with E-state index in [2.05, 4.69) is 10.1 Å². The maximum Gasteiger partial charge on any atom is 0.387 e. The Bertz CT molecular complexity index is 736. The van der Waals surface area contributed by atoms with E-state index in [1.54, 1.807) is 37.3 Å². The Kier molecular flexibility index (Phi) is 5.02. The van der Waals surface area contributed by atoms with Gasteiger partial charge in [-0.25, -0.2) is 0 Å². The normalized spacial score (nSPS) is 18.7. The second-order valence-electron chi connectivity index (χ2n) is 5.55. The lowest BCUT2D eigenvalue weighted by Crippen LogP contribution is -2.48. The highest BCUT2D eigenvalue weighted by Gasteiger charge is 2.33. The van der Waals surface area contributed by atoms with Crippen LogP contribution < -0.4 is 19.5 Å². The van der Waals surface area contributed by atoms with Gasteiger partial charge >= 0.3 is 6.61 Å². The van der Waals surface area contributed by atoms with Gasteiger partial charge in [0.1, 0.15) is 11.9 Å². The maximum atomic E-state index is 12.4. The minimum Gasteiger partial charge on any atom is -0.482 e. The van der Waals surface area contributed by atoms with Crippen molar-refractivity contribution < 1.29 is 27.8 Å². The van der Waals surface area contributed by atoms with Gasteiger partial charge in [-0.15, -0.1) is 0 Å². The molecule has 1 aliphatic rings. The summed E-state index contributed by atoms with van der Waals surface area (Å²) < 4.78 is 39.9. The van der Waals surface area contributed by atoms with Crippen LogP contribution in [-0.2, 0) is 11.3 Å². The van der Waals surface area contributed by atoms with E-state index >= 15 is 0 Å². The first-order valence-corrected chi connectivity index (χ1v) is 7.77. The Morgan fingerprint density at radius 3 is 2.40 bits per heavy atom. The van der Waals surface area contributed by atoms with Crippen molar-refractivity contribution in [1.29, 1.82) is 0 Å². The van der Waals surface area contributed by atoms with Gasteiger partial charge in [0.15, 0.2) is 11.5 Å². The number of ether oxygens (including phenoxy) is 3. The fourth-order valence-corrected chi connectivity index (χ4v) is 2.48. The van der Waals surface area contributed by atoms with E-state index in [1.807, 2.05) is 6.07 Å². The monoisotopic (exact) mass is 349 g/mol. The Labute approximate surface area is 143 Å². The van der Waals surface area contributed by atoms with Crippen LogP contribution in [0, 0.1) is 0 Å². The third-order valence-electron chi connectivity index (χ3n) is 3.72. The van der Waals surface area contributed by atoms with Gasteiger partial charge in [0.2, 0.25) is 6.10 Å². The first-order chi connectivity index (χ1) is 12.0. The summed E-state index contributed by atoms with van der Waals surface area (Å²) in [5.74, 6) is 0.886. The standard InChI is InChI=1S/C18H17F2NO4/c1-11-16(25-15-5-3-2-4-14(15)23-11)17(22)21-10-12-6-8-13(9-7-12)24-18(19)20/h2-9,11,16,18H,10H2,1H3,(H,21,22)/t11-,16+/m0/s1. The minimum atomic E-state index is -2.86. The van der Waals surface area contributed by atoms with Gasteiger partial charge in [-0.2, -0.15) is 8.78 Å². The summed E-state index contributed by atoms with van der Waals surface area (Å²) in [6, 6.07) is 13.2. The molecule has 25 heavy (non-hydrogen) atoms. The van der Waals surface area contributed by atoms with Crippen LogP contribution in [-0.4, -0.2) is 24.7 Å². The van der Waals surface area contributed by atoms with E-state index in [0.29, 0.717) is 11.5 Å². The zero-order valence-corrected chi connectivity index (χ0v) is 13.4. The third kappa shape index (κ3) is 4.17. The number of hydrogen-bond donors (Lipinski definition) is 1. The molecule has 0 bridgehead atoms. The van der Waals surface area contributed by atoms with E-state index in [9.17, 15) is 13.6 Å². The summed E-state index contributed by atoms with van der Waals surface area (Å²) in [6.45, 7) is -0.864. The van der Waals surface area contributed by atoms with E-state index in [1.165, 1.54) is 12.1 Å². The van der Waals surface area contributed by atoms with Gasteiger partial charge in [0.05, 0.1) is 0 Å². The maximum absolute atomic E-state index is 12.4. The highest BCUT2D eigenvalue weighted by atomic mass is 19.3. The summed E-state index contributed by atoms with van der Waals surface area (Å²) >= 11 is 0. The first kappa shape index (κ1) is 17.0. The summed E-state index contributed by atoms with van der Waals surface area (Å²) in [4.78, 5) is 12.4. The highest BCUT2D eigenvalue weighted by molar-refractivity contribution is 5.82. The van der Waals surface area contributed by atoms with Crippen LogP contribution in [0.4, 0.5) is 8.78 Å². The lowest BCUT2D eigenvalue weighted by atomic mass is 10.1. The molecule has 0 aliphatic carbocycles. The van der Waals surface area contributed by atoms with Crippen LogP contribution in [0.1, 0.15) is 12.5 Å². The van der Waals surface area contributed by atoms with Crippen molar-refractivity contribution in [2.24, 2.45) is 0 Å². The molecule has 132 valence electrons. The smallest absolute Gasteiger partial charge is 0.387 e. The van der Waals surface area contributed by atoms with E-state index in [4.69, 9.17) is 9.47 Å². The number of hydrogen-bond acceptors (Lipinski definition) is 4. The number of alkyl halides is 2. The topological polar surface area (TPSA) is 56.8 Å². The Morgan fingerprint density at radius 1 is 1.12 bits per heavy atom. The van der Waals surface area contributed by atoms with Crippen LogP contribution in [0.2, 0.25) is 0 Å². The number of halogens is 2. The molecule has 0 saturated heterocycles. The quantitative estimate of drug-likeness (QED) is 0.901. The molecule has 0 radical (unpaired) electrons. The lowest BCUT2D eigenvalue weighted by Gasteiger charge is -2.31. The molecule has 0 aromatic heterocycles. The fourth-order valence-electron chi connectivity index (χ4n) is 2.48. The molecule has 2 atom stereocenters. The SMILES string of the molecule is C[C@@H]1Oc2ccccc2O[C@H]1C(=O)NCc1ccc(OC(F)F)cc1. The van der Waals surface area contributed by atoms with Crippen LogP contribution in [0.3, 0.4) is 0 Å². The van der Waals surface area contributed by atoms with Gasteiger partial charge < -0.3 is 19.5 Å². The largest absolute Gasteiger partial charge is 0.482 e. The van der Waals surface area contributed by atoms with Gasteiger partial charge in [-0.05, 0) is 36.8 Å². The van der Waals surface area contributed by atoms with Crippen molar-refractivity contribution in [2.45, 2.75) is 32.3 Å². The summed E-state index contributed by atoms with van der Waals surface area (Å²) in [5.41, 5.74) is 0.750. The fraction of sp³-hybridized carbons (Fsp3) is 0.278. The number of rotatable bonds is 5. The number of benzene rings is 2. The number of para-hydroxylation sites is 2. The van der Waals surface area contributed by atoms with Gasteiger partial charge in [0, 0.05) is 6.54 Å². The van der Waals surface area contributed by atoms with Crippen molar-refractivity contribution in [1.82, 2.24) is 5.32 Å². The first-order valence-electron chi connectivity index (χ1n) is 7.77. The molecule has 2 aromatic carbocycles. The Morgan fingerprint density at radius 2 is 1.76 bits per heavy atom. The predicted octanol–water partition coefficient (Wildman–Crippen LogP) is 3.13. The third-order valence-corrected chi connectivity index (χ3v) is 3.72. The molecule has 5 nitrogen and oxygen atoms in total. The average Bonchev–Trinajstić information content (AvgIpc) is 2.60. The molecule has 1 amide bonds. The van der Waals surface area contributed by atoms with Crippen LogP contribution >= 0.6 is 0 Å². The van der Waals surface area contributed by atoms with Gasteiger partial charge in [-0.1, -0.05) is 24.3 Å². The molecule has 0 unspecified atom stereocenters. The minimum absolute atomic E-state index is 0.0688. The number of nitrogens with one attached hydrogen (secondary N) is 1. The van der Waals surface area contributed by atoms with Crippen LogP contribution in [0.5, 0.6) is 17.2 Å². The molecular weight excluding hydrogens is 332 g/mol. The molecule has 1 heterocycles. The molecule has 2 aromatic rings. The van der Waals surface area contributed by atoms with Crippen molar-refractivity contribution in [3.05, 3.63) is 54.1 Å². The molecule has 1 N–H and O–H groups in total. The number of carbonyl (C=O) groups excluding carboxylic acids is 1. The van der Waals surface area contributed by atoms with Crippen molar-refractivity contribution in [3.8, 4) is 17.2 Å². The van der Waals surface area contributed by atoms with E-state index in [-0.39, 0.29) is 18.2 Å². The zero-order valence-electron chi connectivity index (χ0n) is 13.4. The predicted molar refractivity (Wildman–Crippen MR) is 85.9 cm³/mol. The van der Waals surface area contributed by atoms with E-state index < -0.39 is 18.8 Å². The lowest BCUT2D eigenvalue weighted by molar-refractivity contribution is -0.133. The second kappa shape index (κ2) is 7.38. The molecule has 7 heteroatoms. The second-order valence-corrected chi connectivity index (χ2v) is 5.55. The molecule has 0 spiro atoms. The van der Waals surface area contributed by atoms with E-state index in [0.717, 1.165) is 5.56 Å². The van der Waals surface area contributed by atoms with Gasteiger partial charge in [0.25, 0.3) is 5.91 Å². The molecular formula is C18H17F2NO4. The average molecular weight is 349 g/mol. The zero-order chi connectivity index (χ0) is 17.8. The number of carbonyl (C=O) groups is 1. The van der Waals surface area contributed by atoms with Gasteiger partial charge in [-0.3, -0.25) is 4.79 Å². The summed E-state index contributed by atoms with van der Waals surface area (Å²) in [5, 5.41) is 2.76. The number of amides is 1. The highest BCUT2D eigenvalue weighted by Crippen LogP contribution is 2.33. The number of fused-ring (bicyclic) bond motifs is 1. The van der Waals surface area contributed by atoms with Crippen molar-refractivity contribution in [2.75, 3.05) is 0 Å². The van der Waals surface area contributed by atoms with Crippen molar-refractivity contribution >= 4 is 5.91 Å². The van der Waals surface area contributed by atoms with Crippen molar-refractivity contribution in [3.63, 3.8) is 0 Å². The molecule has 0 fully saturated rings. The summed E-state index contributed by atoms with van der Waals surface area (Å²) in [7, 11) is 0. The summed E-state index contributed by atoms with van der Waals surface area (Å²) in [6.07, 6.45) is -1.20. The molecule has 1 aliphatic heterocycles. The molecule has 3 rings (SSSR count). The van der Waals surface area contributed by atoms with Crippen LogP contribution in [0.25, 0.3) is 0 Å². The Hall–Kier alpha value is -2.83. The van der Waals surface area contributed by atoms with Crippen LogP contribution in [0.15, 0.2) is 48.5 Å².